The standard InChI is InChI=1S/C15H25FN2/c1-12(10-17-15(2,3)4)18(5)11-13-8-6-7-9-14(13)16/h6-9,12,17H,10-11H2,1-5H3. The van der Waals surface area contributed by atoms with Gasteiger partial charge in [0.2, 0.25) is 0 Å². The maximum absolute atomic E-state index is 13.5. The molecule has 0 spiro atoms. The molecule has 0 amide bonds. The van der Waals surface area contributed by atoms with Crippen molar-refractivity contribution >= 4 is 0 Å². The summed E-state index contributed by atoms with van der Waals surface area (Å²) in [6.45, 7) is 10.1. The summed E-state index contributed by atoms with van der Waals surface area (Å²) in [7, 11) is 2.03. The number of hydrogen-bond donors (Lipinski definition) is 1. The summed E-state index contributed by atoms with van der Waals surface area (Å²) < 4.78 is 13.5. The summed E-state index contributed by atoms with van der Waals surface area (Å²) in [5.74, 6) is -0.125. The zero-order valence-corrected chi connectivity index (χ0v) is 12.1. The lowest BCUT2D eigenvalue weighted by atomic mass is 10.1. The highest BCUT2D eigenvalue weighted by Gasteiger charge is 2.15. The predicted molar refractivity (Wildman–Crippen MR) is 75.1 cm³/mol. The molecule has 0 aliphatic heterocycles. The minimum atomic E-state index is -0.125. The summed E-state index contributed by atoms with van der Waals surface area (Å²) in [6, 6.07) is 7.33. The Morgan fingerprint density at radius 1 is 1.28 bits per heavy atom. The Hall–Kier alpha value is -0.930. The molecular formula is C15H25FN2. The van der Waals surface area contributed by atoms with Crippen LogP contribution in [0.2, 0.25) is 0 Å². The summed E-state index contributed by atoms with van der Waals surface area (Å²) in [5.41, 5.74) is 0.871. The van der Waals surface area contributed by atoms with E-state index in [9.17, 15) is 4.39 Å². The van der Waals surface area contributed by atoms with E-state index in [1.165, 1.54) is 6.07 Å². The molecule has 1 atom stereocenters. The molecule has 0 bridgehead atoms. The van der Waals surface area contributed by atoms with Gasteiger partial charge < -0.3 is 5.32 Å². The minimum Gasteiger partial charge on any atom is -0.311 e. The third kappa shape index (κ3) is 5.15. The molecule has 0 radical (unpaired) electrons. The molecule has 0 heterocycles. The van der Waals surface area contributed by atoms with Gasteiger partial charge in [0.25, 0.3) is 0 Å². The van der Waals surface area contributed by atoms with Crippen molar-refractivity contribution in [1.29, 1.82) is 0 Å². The van der Waals surface area contributed by atoms with Crippen molar-refractivity contribution in [3.05, 3.63) is 35.6 Å². The second-order valence-corrected chi connectivity index (χ2v) is 5.99. The molecular weight excluding hydrogens is 227 g/mol. The van der Waals surface area contributed by atoms with Crippen LogP contribution in [0.4, 0.5) is 4.39 Å². The van der Waals surface area contributed by atoms with Crippen LogP contribution in [-0.4, -0.2) is 30.1 Å². The summed E-state index contributed by atoms with van der Waals surface area (Å²) >= 11 is 0. The third-order valence-electron chi connectivity index (χ3n) is 3.06. The minimum absolute atomic E-state index is 0.118. The Morgan fingerprint density at radius 2 is 1.89 bits per heavy atom. The van der Waals surface area contributed by atoms with Crippen LogP contribution in [0.3, 0.4) is 0 Å². The van der Waals surface area contributed by atoms with Crippen molar-refractivity contribution in [2.24, 2.45) is 0 Å². The van der Waals surface area contributed by atoms with Crippen molar-refractivity contribution in [1.82, 2.24) is 10.2 Å². The number of benzene rings is 1. The highest BCUT2D eigenvalue weighted by Crippen LogP contribution is 2.11. The zero-order valence-electron chi connectivity index (χ0n) is 12.1. The van der Waals surface area contributed by atoms with Crippen LogP contribution in [0.5, 0.6) is 0 Å². The first kappa shape index (κ1) is 15.1. The molecule has 1 N–H and O–H groups in total. The maximum Gasteiger partial charge on any atom is 0.127 e. The fourth-order valence-electron chi connectivity index (χ4n) is 1.66. The highest BCUT2D eigenvalue weighted by molar-refractivity contribution is 5.17. The quantitative estimate of drug-likeness (QED) is 0.866. The van der Waals surface area contributed by atoms with Crippen LogP contribution in [0, 0.1) is 5.82 Å². The number of halogens is 1. The Morgan fingerprint density at radius 3 is 2.44 bits per heavy atom. The molecule has 3 heteroatoms. The van der Waals surface area contributed by atoms with E-state index < -0.39 is 0 Å². The SMILES string of the molecule is CC(CNC(C)(C)C)N(C)Cc1ccccc1F. The molecule has 1 unspecified atom stereocenters. The van der Waals surface area contributed by atoms with E-state index in [0.29, 0.717) is 12.6 Å². The second-order valence-electron chi connectivity index (χ2n) is 5.99. The van der Waals surface area contributed by atoms with Gasteiger partial charge in [0.15, 0.2) is 0 Å². The van der Waals surface area contributed by atoms with Gasteiger partial charge in [0.1, 0.15) is 5.82 Å². The van der Waals surface area contributed by atoms with Crippen LogP contribution in [0.1, 0.15) is 33.3 Å². The summed E-state index contributed by atoms with van der Waals surface area (Å²) in [6.07, 6.45) is 0. The van der Waals surface area contributed by atoms with Crippen molar-refractivity contribution in [2.45, 2.75) is 45.8 Å². The van der Waals surface area contributed by atoms with Gasteiger partial charge in [-0.1, -0.05) is 18.2 Å². The lowest BCUT2D eigenvalue weighted by Crippen LogP contribution is -2.45. The Kier molecular flexibility index (Phi) is 5.29. The van der Waals surface area contributed by atoms with Gasteiger partial charge in [-0.25, -0.2) is 4.39 Å². The van der Waals surface area contributed by atoms with E-state index >= 15 is 0 Å². The van der Waals surface area contributed by atoms with Crippen molar-refractivity contribution < 1.29 is 4.39 Å². The molecule has 102 valence electrons. The molecule has 0 aromatic heterocycles. The van der Waals surface area contributed by atoms with Gasteiger partial charge in [-0.05, 0) is 40.8 Å². The van der Waals surface area contributed by atoms with Crippen LogP contribution >= 0.6 is 0 Å². The number of hydrogen-bond acceptors (Lipinski definition) is 2. The Balaban J connectivity index is 2.50. The third-order valence-corrected chi connectivity index (χ3v) is 3.06. The fraction of sp³-hybridized carbons (Fsp3) is 0.600. The average Bonchev–Trinajstić information content (AvgIpc) is 2.28. The topological polar surface area (TPSA) is 15.3 Å². The lowest BCUT2D eigenvalue weighted by molar-refractivity contribution is 0.226. The highest BCUT2D eigenvalue weighted by atomic mass is 19.1. The van der Waals surface area contributed by atoms with E-state index in [1.807, 2.05) is 19.2 Å². The second kappa shape index (κ2) is 6.30. The summed E-state index contributed by atoms with van der Waals surface area (Å²) in [4.78, 5) is 2.16. The number of nitrogens with zero attached hydrogens (tertiary/aromatic N) is 1. The molecule has 1 aromatic rings. The zero-order chi connectivity index (χ0) is 13.8. The first-order valence-electron chi connectivity index (χ1n) is 6.48. The number of rotatable bonds is 5. The Bertz CT molecular complexity index is 371. The fourth-order valence-corrected chi connectivity index (χ4v) is 1.66. The van der Waals surface area contributed by atoms with Gasteiger partial charge in [0.05, 0.1) is 0 Å². The van der Waals surface area contributed by atoms with E-state index in [-0.39, 0.29) is 11.4 Å². The molecule has 0 aliphatic carbocycles. The van der Waals surface area contributed by atoms with Gasteiger partial charge in [-0.2, -0.15) is 0 Å². The van der Waals surface area contributed by atoms with Gasteiger partial charge >= 0.3 is 0 Å². The Labute approximate surface area is 110 Å². The molecule has 18 heavy (non-hydrogen) atoms. The molecule has 0 aliphatic rings. The van der Waals surface area contributed by atoms with Gasteiger partial charge in [-0.3, -0.25) is 4.90 Å². The van der Waals surface area contributed by atoms with E-state index in [4.69, 9.17) is 0 Å². The van der Waals surface area contributed by atoms with Gasteiger partial charge in [0, 0.05) is 30.2 Å². The van der Waals surface area contributed by atoms with Crippen LogP contribution in [0.15, 0.2) is 24.3 Å². The van der Waals surface area contributed by atoms with E-state index in [0.717, 1.165) is 12.1 Å². The number of nitrogens with one attached hydrogen (secondary N) is 1. The van der Waals surface area contributed by atoms with E-state index in [1.54, 1.807) is 6.07 Å². The van der Waals surface area contributed by atoms with E-state index in [2.05, 4.69) is 37.9 Å². The lowest BCUT2D eigenvalue weighted by Gasteiger charge is -2.29. The molecule has 0 saturated heterocycles. The van der Waals surface area contributed by atoms with Crippen LogP contribution in [0.25, 0.3) is 0 Å². The smallest absolute Gasteiger partial charge is 0.127 e. The number of likely N-dealkylation sites (N-methyl/N-ethyl adjacent to an activating group) is 1. The molecule has 0 fully saturated rings. The molecule has 0 saturated carbocycles. The average molecular weight is 252 g/mol. The molecule has 1 aromatic carbocycles. The van der Waals surface area contributed by atoms with Crippen LogP contribution in [-0.2, 0) is 6.54 Å². The first-order chi connectivity index (χ1) is 8.29. The monoisotopic (exact) mass is 252 g/mol. The predicted octanol–water partition coefficient (Wildman–Crippen LogP) is 3.03. The normalized spacial score (nSPS) is 13.9. The summed E-state index contributed by atoms with van der Waals surface area (Å²) in [5, 5.41) is 3.47. The van der Waals surface area contributed by atoms with Crippen molar-refractivity contribution in [3.63, 3.8) is 0 Å². The first-order valence-corrected chi connectivity index (χ1v) is 6.48. The van der Waals surface area contributed by atoms with Crippen molar-refractivity contribution in [3.8, 4) is 0 Å². The largest absolute Gasteiger partial charge is 0.311 e. The van der Waals surface area contributed by atoms with Crippen molar-refractivity contribution in [2.75, 3.05) is 13.6 Å². The maximum atomic E-state index is 13.5. The molecule has 1 rings (SSSR count). The van der Waals surface area contributed by atoms with Crippen LogP contribution < -0.4 is 5.32 Å². The molecule has 2 nitrogen and oxygen atoms in total. The van der Waals surface area contributed by atoms with Gasteiger partial charge in [-0.15, -0.1) is 0 Å².